The van der Waals surface area contributed by atoms with E-state index in [9.17, 15) is 9.59 Å². The van der Waals surface area contributed by atoms with Gasteiger partial charge < -0.3 is 14.8 Å². The molecule has 2 heterocycles. The van der Waals surface area contributed by atoms with Gasteiger partial charge in [-0.2, -0.15) is 0 Å². The lowest BCUT2D eigenvalue weighted by atomic mass is 10.1. The normalized spacial score (nSPS) is 19.6. The van der Waals surface area contributed by atoms with E-state index >= 15 is 0 Å². The molecular formula is C20H25N3O4. The second-order valence-electron chi connectivity index (χ2n) is 6.89. The molecule has 1 aromatic carbocycles. The molecule has 0 saturated carbocycles. The minimum Gasteiger partial charge on any atom is -0.379 e. The third kappa shape index (κ3) is 5.02. The average Bonchev–Trinajstić information content (AvgIpc) is 2.65. The largest absolute Gasteiger partial charge is 0.379 e. The lowest BCUT2D eigenvalue weighted by molar-refractivity contribution is -0.126. The Hall–Kier alpha value is -2.51. The van der Waals surface area contributed by atoms with Crippen LogP contribution in [0.25, 0.3) is 10.9 Å². The fourth-order valence-electron chi connectivity index (χ4n) is 3.02. The summed E-state index contributed by atoms with van der Waals surface area (Å²) in [6.45, 7) is 5.46. The number of allylic oxidation sites excluding steroid dienone is 1. The molecule has 1 N–H and O–H groups in total. The molecule has 0 radical (unpaired) electrons. The Morgan fingerprint density at radius 3 is 3.04 bits per heavy atom. The number of hydrogen-bond acceptors (Lipinski definition) is 5. The quantitative estimate of drug-likeness (QED) is 0.781. The Morgan fingerprint density at radius 2 is 2.22 bits per heavy atom. The monoisotopic (exact) mass is 371 g/mol. The molecule has 1 amide bonds. The first-order chi connectivity index (χ1) is 13.0. The Morgan fingerprint density at radius 1 is 1.41 bits per heavy atom. The minimum atomic E-state index is -0.263. The van der Waals surface area contributed by atoms with Gasteiger partial charge in [0.05, 0.1) is 42.6 Å². The number of benzene rings is 1. The van der Waals surface area contributed by atoms with Gasteiger partial charge in [-0.05, 0) is 32.4 Å². The highest BCUT2D eigenvalue weighted by Gasteiger charge is 2.27. The molecule has 2 aromatic rings. The highest BCUT2D eigenvalue weighted by Crippen LogP contribution is 2.12. The molecule has 144 valence electrons. The van der Waals surface area contributed by atoms with Crippen LogP contribution in [-0.2, 0) is 20.8 Å². The van der Waals surface area contributed by atoms with Gasteiger partial charge >= 0.3 is 0 Å². The minimum absolute atomic E-state index is 0.0894. The Bertz CT molecular complexity index is 886. The van der Waals surface area contributed by atoms with E-state index in [-0.39, 0.29) is 30.2 Å². The number of carbonyl (C=O) groups is 1. The number of rotatable bonds is 6. The summed E-state index contributed by atoms with van der Waals surface area (Å²) in [6, 6.07) is 6.85. The van der Waals surface area contributed by atoms with Crippen molar-refractivity contribution in [3.05, 3.63) is 52.6 Å². The van der Waals surface area contributed by atoms with Crippen molar-refractivity contribution < 1.29 is 14.3 Å². The van der Waals surface area contributed by atoms with Crippen molar-refractivity contribution in [1.82, 2.24) is 14.9 Å². The third-order valence-electron chi connectivity index (χ3n) is 4.49. The lowest BCUT2D eigenvalue weighted by Crippen LogP contribution is -2.51. The van der Waals surface area contributed by atoms with Crippen molar-refractivity contribution in [3.63, 3.8) is 0 Å². The molecule has 0 bridgehead atoms. The van der Waals surface area contributed by atoms with Crippen LogP contribution in [0.2, 0.25) is 0 Å². The van der Waals surface area contributed by atoms with E-state index in [1.807, 2.05) is 26.0 Å². The van der Waals surface area contributed by atoms with Gasteiger partial charge in [0.15, 0.2) is 0 Å². The molecule has 7 nitrogen and oxygen atoms in total. The number of nitrogens with one attached hydrogen (secondary N) is 1. The van der Waals surface area contributed by atoms with Crippen molar-refractivity contribution in [2.75, 3.05) is 19.8 Å². The molecule has 1 aromatic heterocycles. The van der Waals surface area contributed by atoms with Crippen molar-refractivity contribution in [2.45, 2.75) is 39.0 Å². The van der Waals surface area contributed by atoms with E-state index in [4.69, 9.17) is 9.47 Å². The van der Waals surface area contributed by atoms with Crippen LogP contribution in [0, 0.1) is 0 Å². The zero-order valence-corrected chi connectivity index (χ0v) is 15.7. The fraction of sp³-hybridized carbons (Fsp3) is 0.450. The number of carbonyl (C=O) groups excluding carboxylic acids is 1. The van der Waals surface area contributed by atoms with Gasteiger partial charge in [-0.15, -0.1) is 0 Å². The Labute approximate surface area is 158 Å². The SMILES string of the molecule is CC(C)=CCO[C@H]1CCOC[C@H]1NC(=O)Cn1cnc2ccccc2c1=O. The number of amides is 1. The second-order valence-corrected chi connectivity index (χ2v) is 6.89. The van der Waals surface area contributed by atoms with Gasteiger partial charge in [0, 0.05) is 6.61 Å². The Kier molecular flexibility index (Phi) is 6.36. The van der Waals surface area contributed by atoms with E-state index in [0.29, 0.717) is 30.7 Å². The summed E-state index contributed by atoms with van der Waals surface area (Å²) in [4.78, 5) is 29.2. The number of hydrogen-bond donors (Lipinski definition) is 1. The zero-order valence-electron chi connectivity index (χ0n) is 15.7. The van der Waals surface area contributed by atoms with Crippen molar-refractivity contribution in [3.8, 4) is 0 Å². The van der Waals surface area contributed by atoms with Crippen LogP contribution in [0.5, 0.6) is 0 Å². The molecule has 1 saturated heterocycles. The van der Waals surface area contributed by atoms with Crippen molar-refractivity contribution >= 4 is 16.8 Å². The van der Waals surface area contributed by atoms with Crippen LogP contribution in [-0.4, -0.2) is 47.4 Å². The molecule has 0 unspecified atom stereocenters. The van der Waals surface area contributed by atoms with Crippen LogP contribution in [0.1, 0.15) is 20.3 Å². The maximum absolute atomic E-state index is 12.5. The van der Waals surface area contributed by atoms with E-state index in [0.717, 1.165) is 6.42 Å². The van der Waals surface area contributed by atoms with Crippen LogP contribution in [0.15, 0.2) is 47.0 Å². The average molecular weight is 371 g/mol. The highest BCUT2D eigenvalue weighted by molar-refractivity contribution is 5.79. The maximum Gasteiger partial charge on any atom is 0.261 e. The van der Waals surface area contributed by atoms with Crippen LogP contribution in [0.4, 0.5) is 0 Å². The van der Waals surface area contributed by atoms with Gasteiger partial charge in [0.2, 0.25) is 5.91 Å². The smallest absolute Gasteiger partial charge is 0.261 e. The lowest BCUT2D eigenvalue weighted by Gasteiger charge is -2.32. The Balaban J connectivity index is 1.64. The number of ether oxygens (including phenoxy) is 2. The molecule has 3 rings (SSSR count). The van der Waals surface area contributed by atoms with Crippen LogP contribution in [0.3, 0.4) is 0 Å². The molecule has 1 fully saturated rings. The van der Waals surface area contributed by atoms with Gasteiger partial charge in [-0.3, -0.25) is 14.2 Å². The molecule has 0 aliphatic carbocycles. The van der Waals surface area contributed by atoms with E-state index < -0.39 is 0 Å². The number of nitrogens with zero attached hydrogens (tertiary/aromatic N) is 2. The third-order valence-corrected chi connectivity index (χ3v) is 4.49. The summed E-state index contributed by atoms with van der Waals surface area (Å²) in [7, 11) is 0. The maximum atomic E-state index is 12.5. The summed E-state index contributed by atoms with van der Waals surface area (Å²) in [6.07, 6.45) is 4.03. The molecule has 27 heavy (non-hydrogen) atoms. The van der Waals surface area contributed by atoms with Crippen molar-refractivity contribution in [1.29, 1.82) is 0 Å². The zero-order chi connectivity index (χ0) is 19.2. The van der Waals surface area contributed by atoms with Crippen LogP contribution >= 0.6 is 0 Å². The summed E-state index contributed by atoms with van der Waals surface area (Å²) in [5.41, 5.74) is 1.57. The predicted molar refractivity (Wildman–Crippen MR) is 103 cm³/mol. The molecule has 1 aliphatic rings. The van der Waals surface area contributed by atoms with Crippen molar-refractivity contribution in [2.24, 2.45) is 0 Å². The van der Waals surface area contributed by atoms with E-state index in [1.54, 1.807) is 18.2 Å². The van der Waals surface area contributed by atoms with E-state index in [1.165, 1.54) is 16.5 Å². The summed E-state index contributed by atoms with van der Waals surface area (Å²) < 4.78 is 12.7. The molecule has 1 aliphatic heterocycles. The molecular weight excluding hydrogens is 346 g/mol. The van der Waals surface area contributed by atoms with Crippen LogP contribution < -0.4 is 10.9 Å². The van der Waals surface area contributed by atoms with Gasteiger partial charge in [0.1, 0.15) is 6.54 Å². The number of para-hydroxylation sites is 1. The standard InChI is InChI=1S/C20H25N3O4/c1-14(2)7-10-27-18-8-9-26-12-17(18)22-19(24)11-23-13-21-16-6-4-3-5-15(16)20(23)25/h3-7,13,17-18H,8-12H2,1-2H3,(H,22,24)/t17-,18+/m1/s1. The van der Waals surface area contributed by atoms with Gasteiger partial charge in [0.25, 0.3) is 5.56 Å². The fourth-order valence-corrected chi connectivity index (χ4v) is 3.02. The molecule has 0 spiro atoms. The second kappa shape index (κ2) is 8.92. The molecule has 2 atom stereocenters. The summed E-state index contributed by atoms with van der Waals surface area (Å²) in [5, 5.41) is 3.43. The topological polar surface area (TPSA) is 82.4 Å². The molecule has 7 heteroatoms. The first-order valence-electron chi connectivity index (χ1n) is 9.11. The van der Waals surface area contributed by atoms with E-state index in [2.05, 4.69) is 10.3 Å². The van der Waals surface area contributed by atoms with Gasteiger partial charge in [-0.25, -0.2) is 4.98 Å². The first kappa shape index (κ1) is 19.3. The number of aromatic nitrogens is 2. The summed E-state index contributed by atoms with van der Waals surface area (Å²) >= 11 is 0. The first-order valence-corrected chi connectivity index (χ1v) is 9.11. The predicted octanol–water partition coefficient (Wildman–Crippen LogP) is 1.65. The van der Waals surface area contributed by atoms with Gasteiger partial charge in [-0.1, -0.05) is 23.8 Å². The highest BCUT2D eigenvalue weighted by atomic mass is 16.5. The number of fused-ring (bicyclic) bond motifs is 1. The summed E-state index contributed by atoms with van der Waals surface area (Å²) in [5.74, 6) is -0.263.